The molecule has 0 spiro atoms. The van der Waals surface area contributed by atoms with Gasteiger partial charge >= 0.3 is 0 Å². The van der Waals surface area contributed by atoms with Gasteiger partial charge in [0.05, 0.1) is 16.8 Å². The standard InChI is InChI=1S/C11H17N5O/c12-9(17)7-6-15-10(13)16-8(7)11(14)4-2-1-3-5-11/h6H,1-5,14H2,(H2,12,17)(H2,13,15,16). The van der Waals surface area contributed by atoms with Gasteiger partial charge in [0.25, 0.3) is 5.91 Å². The Kier molecular flexibility index (Phi) is 2.97. The van der Waals surface area contributed by atoms with Crippen LogP contribution in [-0.4, -0.2) is 15.9 Å². The minimum atomic E-state index is -0.598. The molecule has 17 heavy (non-hydrogen) atoms. The van der Waals surface area contributed by atoms with Crippen LogP contribution in [0.15, 0.2) is 6.20 Å². The van der Waals surface area contributed by atoms with Gasteiger partial charge < -0.3 is 17.2 Å². The smallest absolute Gasteiger partial charge is 0.252 e. The van der Waals surface area contributed by atoms with Crippen LogP contribution in [0.4, 0.5) is 5.95 Å². The van der Waals surface area contributed by atoms with Gasteiger partial charge in [0, 0.05) is 6.20 Å². The largest absolute Gasteiger partial charge is 0.368 e. The van der Waals surface area contributed by atoms with Crippen LogP contribution < -0.4 is 17.2 Å². The highest BCUT2D eigenvalue weighted by Gasteiger charge is 2.34. The number of primary amides is 1. The summed E-state index contributed by atoms with van der Waals surface area (Å²) in [6.07, 6.45) is 6.17. The van der Waals surface area contributed by atoms with E-state index in [0.717, 1.165) is 32.1 Å². The van der Waals surface area contributed by atoms with E-state index in [2.05, 4.69) is 9.97 Å². The third kappa shape index (κ3) is 2.21. The highest BCUT2D eigenvalue weighted by molar-refractivity contribution is 5.94. The van der Waals surface area contributed by atoms with Gasteiger partial charge in [-0.2, -0.15) is 0 Å². The van der Waals surface area contributed by atoms with Crippen LogP contribution in [0.1, 0.15) is 48.2 Å². The van der Waals surface area contributed by atoms with Gasteiger partial charge in [-0.15, -0.1) is 0 Å². The van der Waals surface area contributed by atoms with Crippen LogP contribution in [0.2, 0.25) is 0 Å². The second-order valence-electron chi connectivity index (χ2n) is 4.57. The second-order valence-corrected chi connectivity index (χ2v) is 4.57. The predicted octanol–water partition coefficient (Wildman–Crippen LogP) is 0.276. The molecule has 1 saturated carbocycles. The number of hydrogen-bond acceptors (Lipinski definition) is 5. The zero-order valence-corrected chi connectivity index (χ0v) is 9.65. The molecular weight excluding hydrogens is 218 g/mol. The molecule has 6 N–H and O–H groups in total. The van der Waals surface area contributed by atoms with Crippen molar-refractivity contribution in [2.45, 2.75) is 37.6 Å². The third-order valence-electron chi connectivity index (χ3n) is 3.29. The van der Waals surface area contributed by atoms with Crippen LogP contribution in [0.5, 0.6) is 0 Å². The van der Waals surface area contributed by atoms with E-state index in [1.165, 1.54) is 6.20 Å². The molecule has 1 fully saturated rings. The first-order valence-corrected chi connectivity index (χ1v) is 5.74. The van der Waals surface area contributed by atoms with E-state index in [1.54, 1.807) is 0 Å². The van der Waals surface area contributed by atoms with Crippen LogP contribution in [0, 0.1) is 0 Å². The normalized spacial score (nSPS) is 18.9. The van der Waals surface area contributed by atoms with Crippen molar-refractivity contribution in [3.05, 3.63) is 17.5 Å². The Morgan fingerprint density at radius 2 is 1.94 bits per heavy atom. The monoisotopic (exact) mass is 235 g/mol. The topological polar surface area (TPSA) is 121 Å². The van der Waals surface area contributed by atoms with Gasteiger partial charge in [-0.25, -0.2) is 9.97 Å². The lowest BCUT2D eigenvalue weighted by molar-refractivity contribution is 0.0995. The number of nitrogens with zero attached hydrogens (tertiary/aromatic N) is 2. The van der Waals surface area contributed by atoms with Crippen molar-refractivity contribution < 1.29 is 4.79 Å². The Labute approximate surface area is 99.6 Å². The molecule has 2 rings (SSSR count). The molecule has 1 aliphatic rings. The lowest BCUT2D eigenvalue weighted by Gasteiger charge is -2.33. The number of rotatable bonds is 2. The lowest BCUT2D eigenvalue weighted by atomic mass is 9.78. The molecule has 1 aliphatic carbocycles. The van der Waals surface area contributed by atoms with Crippen LogP contribution >= 0.6 is 0 Å². The molecule has 0 radical (unpaired) electrons. The average Bonchev–Trinajstić information content (AvgIpc) is 2.29. The summed E-state index contributed by atoms with van der Waals surface area (Å²) >= 11 is 0. The lowest BCUT2D eigenvalue weighted by Crippen LogP contribution is -2.41. The van der Waals surface area contributed by atoms with Crippen LogP contribution in [-0.2, 0) is 5.54 Å². The van der Waals surface area contributed by atoms with Gasteiger partial charge in [0.2, 0.25) is 5.95 Å². The van der Waals surface area contributed by atoms with Crippen molar-refractivity contribution in [2.24, 2.45) is 11.5 Å². The molecule has 1 amide bonds. The SMILES string of the molecule is NC(=O)c1cnc(N)nc1C1(N)CCCCC1. The zero-order valence-electron chi connectivity index (χ0n) is 9.65. The fourth-order valence-corrected chi connectivity index (χ4v) is 2.37. The Morgan fingerprint density at radius 1 is 1.29 bits per heavy atom. The number of carbonyl (C=O) groups is 1. The summed E-state index contributed by atoms with van der Waals surface area (Å²) in [6.45, 7) is 0. The Bertz CT molecular complexity index is 439. The van der Waals surface area contributed by atoms with Gasteiger partial charge in [-0.05, 0) is 12.8 Å². The number of anilines is 1. The number of amides is 1. The van der Waals surface area contributed by atoms with Gasteiger partial charge in [0.15, 0.2) is 0 Å². The van der Waals surface area contributed by atoms with Gasteiger partial charge in [0.1, 0.15) is 0 Å². The number of aromatic nitrogens is 2. The van der Waals surface area contributed by atoms with E-state index >= 15 is 0 Å². The maximum atomic E-state index is 11.4. The first-order chi connectivity index (χ1) is 8.03. The van der Waals surface area contributed by atoms with Gasteiger partial charge in [-0.1, -0.05) is 19.3 Å². The Morgan fingerprint density at radius 3 is 2.53 bits per heavy atom. The van der Waals surface area contributed by atoms with Crippen LogP contribution in [0.25, 0.3) is 0 Å². The number of hydrogen-bond donors (Lipinski definition) is 3. The van der Waals surface area contributed by atoms with E-state index in [1.807, 2.05) is 0 Å². The van der Waals surface area contributed by atoms with Crippen molar-refractivity contribution in [1.82, 2.24) is 9.97 Å². The van der Waals surface area contributed by atoms with Crippen molar-refractivity contribution in [1.29, 1.82) is 0 Å². The molecule has 92 valence electrons. The number of carbonyl (C=O) groups excluding carboxylic acids is 1. The first kappa shape index (κ1) is 11.8. The molecular formula is C11H17N5O. The highest BCUT2D eigenvalue weighted by Crippen LogP contribution is 2.35. The Balaban J connectivity index is 2.48. The molecule has 1 aromatic heterocycles. The second kappa shape index (κ2) is 4.29. The summed E-state index contributed by atoms with van der Waals surface area (Å²) in [7, 11) is 0. The summed E-state index contributed by atoms with van der Waals surface area (Å²) in [5, 5.41) is 0. The molecule has 1 heterocycles. The van der Waals surface area contributed by atoms with Crippen molar-refractivity contribution >= 4 is 11.9 Å². The van der Waals surface area contributed by atoms with E-state index in [-0.39, 0.29) is 11.5 Å². The maximum absolute atomic E-state index is 11.4. The minimum absolute atomic E-state index is 0.125. The summed E-state index contributed by atoms with van der Waals surface area (Å²) in [5.41, 5.74) is 17.4. The van der Waals surface area contributed by atoms with Crippen LogP contribution in [0.3, 0.4) is 0 Å². The maximum Gasteiger partial charge on any atom is 0.252 e. The Hall–Kier alpha value is -1.69. The quantitative estimate of drug-likeness (QED) is 0.679. The first-order valence-electron chi connectivity index (χ1n) is 5.74. The molecule has 1 aromatic rings. The summed E-state index contributed by atoms with van der Waals surface area (Å²) < 4.78 is 0. The van der Waals surface area contributed by atoms with E-state index in [9.17, 15) is 4.79 Å². The summed E-state index contributed by atoms with van der Waals surface area (Å²) in [6, 6.07) is 0. The van der Waals surface area contributed by atoms with Crippen molar-refractivity contribution in [2.75, 3.05) is 5.73 Å². The molecule has 0 unspecified atom stereocenters. The van der Waals surface area contributed by atoms with E-state index in [0.29, 0.717) is 5.69 Å². The average molecular weight is 235 g/mol. The summed E-state index contributed by atoms with van der Waals surface area (Å²) in [5.74, 6) is -0.434. The molecule has 6 heteroatoms. The molecule has 0 aliphatic heterocycles. The molecule has 6 nitrogen and oxygen atoms in total. The fraction of sp³-hybridized carbons (Fsp3) is 0.545. The third-order valence-corrected chi connectivity index (χ3v) is 3.29. The minimum Gasteiger partial charge on any atom is -0.368 e. The number of nitrogens with two attached hydrogens (primary N) is 3. The summed E-state index contributed by atoms with van der Waals surface area (Å²) in [4.78, 5) is 19.3. The zero-order chi connectivity index (χ0) is 12.5. The molecule has 0 atom stereocenters. The fourth-order valence-electron chi connectivity index (χ4n) is 2.37. The predicted molar refractivity (Wildman–Crippen MR) is 63.9 cm³/mol. The van der Waals surface area contributed by atoms with Crippen molar-refractivity contribution in [3.8, 4) is 0 Å². The van der Waals surface area contributed by atoms with E-state index < -0.39 is 11.4 Å². The van der Waals surface area contributed by atoms with Gasteiger partial charge in [-0.3, -0.25) is 4.79 Å². The van der Waals surface area contributed by atoms with E-state index in [4.69, 9.17) is 17.2 Å². The molecule has 0 bridgehead atoms. The molecule has 0 saturated heterocycles. The number of nitrogen functional groups attached to an aromatic ring is 1. The highest BCUT2D eigenvalue weighted by atomic mass is 16.1. The molecule has 0 aromatic carbocycles. The van der Waals surface area contributed by atoms with Crippen molar-refractivity contribution in [3.63, 3.8) is 0 Å².